The van der Waals surface area contributed by atoms with Gasteiger partial charge in [0, 0.05) is 46.6 Å². The fourth-order valence-electron chi connectivity index (χ4n) is 4.91. The second kappa shape index (κ2) is 9.63. The van der Waals surface area contributed by atoms with Gasteiger partial charge in [-0.25, -0.2) is 19.0 Å². The molecular formula is C28H31FN2O6. The lowest BCUT2D eigenvalue weighted by Crippen LogP contribution is -2.28. The van der Waals surface area contributed by atoms with Gasteiger partial charge in [-0.2, -0.15) is 0 Å². The zero-order valence-electron chi connectivity index (χ0n) is 21.8. The number of hydrogen-bond acceptors (Lipinski definition) is 5. The van der Waals surface area contributed by atoms with Crippen molar-refractivity contribution in [3.63, 3.8) is 0 Å². The summed E-state index contributed by atoms with van der Waals surface area (Å²) in [5.74, 6) is -2.58. The van der Waals surface area contributed by atoms with E-state index in [0.29, 0.717) is 52.1 Å². The molecule has 1 aliphatic heterocycles. The number of aromatic nitrogens is 2. The highest BCUT2D eigenvalue weighted by Crippen LogP contribution is 2.44. The van der Waals surface area contributed by atoms with Crippen LogP contribution in [0.5, 0.6) is 5.75 Å². The molecule has 0 radical (unpaired) electrons. The quantitative estimate of drug-likeness (QED) is 0.430. The number of carbonyl (C=O) groups is 2. The summed E-state index contributed by atoms with van der Waals surface area (Å²) < 4.78 is 28.8. The summed E-state index contributed by atoms with van der Waals surface area (Å²) in [6.45, 7) is 9.31. The largest absolute Gasteiger partial charge is 0.490 e. The molecule has 3 heterocycles. The molecule has 0 bridgehead atoms. The first-order valence-electron chi connectivity index (χ1n) is 12.1. The summed E-state index contributed by atoms with van der Waals surface area (Å²) >= 11 is 0. The predicted octanol–water partition coefficient (Wildman–Crippen LogP) is 5.36. The van der Waals surface area contributed by atoms with E-state index in [1.54, 1.807) is 45.4 Å². The number of halogens is 1. The smallest absolute Gasteiger partial charge is 0.337 e. The standard InChI is InChI=1S/C28H31FN2O6/c1-14-17-8-7-11-36-24(17)20(29)13-18(14)23-19-12-16(9-10-21(32)33)31(6)26(19)30-15(2)22(23)25(27(34)35)37-28(3,4)5/h9-10,12-13,25H,7-8,11H2,1-6H3,(H,32,33)(H,34,35)/t25-/m0/s1. The van der Waals surface area contributed by atoms with Crippen LogP contribution in [0, 0.1) is 19.7 Å². The number of rotatable bonds is 6. The third-order valence-electron chi connectivity index (χ3n) is 6.50. The number of pyridine rings is 1. The van der Waals surface area contributed by atoms with Gasteiger partial charge in [0.1, 0.15) is 5.65 Å². The molecule has 0 fully saturated rings. The highest BCUT2D eigenvalue weighted by atomic mass is 19.1. The first-order chi connectivity index (χ1) is 17.3. The van der Waals surface area contributed by atoms with Gasteiger partial charge in [0.15, 0.2) is 17.7 Å². The van der Waals surface area contributed by atoms with E-state index >= 15 is 4.39 Å². The lowest BCUT2D eigenvalue weighted by Gasteiger charge is -2.29. The van der Waals surface area contributed by atoms with E-state index in [0.717, 1.165) is 23.6 Å². The molecule has 3 aromatic rings. The molecular weight excluding hydrogens is 479 g/mol. The van der Waals surface area contributed by atoms with Crippen molar-refractivity contribution in [2.45, 2.75) is 59.2 Å². The Morgan fingerprint density at radius 3 is 2.57 bits per heavy atom. The molecule has 0 unspecified atom stereocenters. The summed E-state index contributed by atoms with van der Waals surface area (Å²) in [6, 6.07) is 3.12. The number of benzene rings is 1. The van der Waals surface area contributed by atoms with Gasteiger partial charge in [-0.05, 0) is 76.8 Å². The molecule has 1 aromatic carbocycles. The number of aliphatic carboxylic acids is 2. The van der Waals surface area contributed by atoms with E-state index in [2.05, 4.69) is 0 Å². The number of nitrogens with zero attached hydrogens (tertiary/aromatic N) is 2. The van der Waals surface area contributed by atoms with Crippen LogP contribution in [0.15, 0.2) is 18.2 Å². The van der Waals surface area contributed by atoms with Gasteiger partial charge >= 0.3 is 11.9 Å². The third kappa shape index (κ3) is 4.96. The Labute approximate surface area is 214 Å². The molecule has 8 nitrogen and oxygen atoms in total. The van der Waals surface area contributed by atoms with Crippen LogP contribution in [-0.2, 0) is 27.8 Å². The number of carboxylic acid groups (broad SMARTS) is 2. The first-order valence-corrected chi connectivity index (χ1v) is 12.1. The van der Waals surface area contributed by atoms with Gasteiger partial charge in [0.2, 0.25) is 0 Å². The maximum atomic E-state index is 15.4. The molecule has 2 aromatic heterocycles. The zero-order chi connectivity index (χ0) is 27.2. The summed E-state index contributed by atoms with van der Waals surface area (Å²) in [5.41, 5.74) is 3.57. The lowest BCUT2D eigenvalue weighted by atomic mass is 9.86. The predicted molar refractivity (Wildman–Crippen MR) is 137 cm³/mol. The van der Waals surface area contributed by atoms with E-state index < -0.39 is 29.5 Å². The van der Waals surface area contributed by atoms with E-state index in [1.165, 1.54) is 12.1 Å². The van der Waals surface area contributed by atoms with E-state index in [1.807, 2.05) is 6.92 Å². The summed E-state index contributed by atoms with van der Waals surface area (Å²) in [4.78, 5) is 28.4. The van der Waals surface area contributed by atoms with Crippen LogP contribution in [0.4, 0.5) is 4.39 Å². The summed E-state index contributed by atoms with van der Waals surface area (Å²) in [7, 11) is 1.74. The molecule has 0 amide bonds. The average Bonchev–Trinajstić information content (AvgIpc) is 3.12. The highest BCUT2D eigenvalue weighted by molar-refractivity contribution is 6.00. The Morgan fingerprint density at radius 1 is 1.24 bits per heavy atom. The zero-order valence-corrected chi connectivity index (χ0v) is 21.8. The molecule has 1 aliphatic rings. The summed E-state index contributed by atoms with van der Waals surface area (Å²) in [6.07, 6.45) is 2.47. The van der Waals surface area contributed by atoms with Crippen LogP contribution in [0.25, 0.3) is 28.2 Å². The Bertz CT molecular complexity index is 1450. The molecule has 196 valence electrons. The van der Waals surface area contributed by atoms with Gasteiger partial charge in [-0.3, -0.25) is 0 Å². The van der Waals surface area contributed by atoms with Crippen LogP contribution in [0.1, 0.15) is 61.4 Å². The molecule has 2 N–H and O–H groups in total. The van der Waals surface area contributed by atoms with Crippen LogP contribution in [0.3, 0.4) is 0 Å². The molecule has 0 saturated heterocycles. The van der Waals surface area contributed by atoms with E-state index in [9.17, 15) is 14.7 Å². The Balaban J connectivity index is 2.14. The molecule has 0 spiro atoms. The van der Waals surface area contributed by atoms with Crippen LogP contribution >= 0.6 is 0 Å². The van der Waals surface area contributed by atoms with Crippen molar-refractivity contribution < 1.29 is 33.7 Å². The second-order valence-corrected chi connectivity index (χ2v) is 10.3. The number of hydrogen-bond donors (Lipinski definition) is 2. The van der Waals surface area contributed by atoms with Gasteiger partial charge in [0.05, 0.1) is 12.2 Å². The van der Waals surface area contributed by atoms with Crippen molar-refractivity contribution in [2.24, 2.45) is 7.05 Å². The normalized spacial score (nSPS) is 14.6. The molecule has 0 aliphatic carbocycles. The molecule has 0 saturated carbocycles. The topological polar surface area (TPSA) is 111 Å². The fraction of sp³-hybridized carbons (Fsp3) is 0.393. The lowest BCUT2D eigenvalue weighted by molar-refractivity contribution is -0.160. The van der Waals surface area contributed by atoms with Crippen LogP contribution in [0.2, 0.25) is 0 Å². The fourth-order valence-corrected chi connectivity index (χ4v) is 4.91. The second-order valence-electron chi connectivity index (χ2n) is 10.3. The molecule has 37 heavy (non-hydrogen) atoms. The van der Waals surface area contributed by atoms with Gasteiger partial charge in [-0.1, -0.05) is 0 Å². The van der Waals surface area contributed by atoms with Crippen LogP contribution in [-0.4, -0.2) is 43.9 Å². The monoisotopic (exact) mass is 510 g/mol. The Hall–Kier alpha value is -3.72. The Kier molecular flexibility index (Phi) is 6.85. The average molecular weight is 511 g/mol. The van der Waals surface area contributed by atoms with Gasteiger partial charge in [0.25, 0.3) is 0 Å². The van der Waals surface area contributed by atoms with E-state index in [4.69, 9.17) is 19.6 Å². The minimum absolute atomic E-state index is 0.231. The molecule has 1 atom stereocenters. The van der Waals surface area contributed by atoms with Crippen molar-refractivity contribution >= 4 is 29.0 Å². The number of fused-ring (bicyclic) bond motifs is 2. The van der Waals surface area contributed by atoms with Gasteiger partial charge in [-0.15, -0.1) is 0 Å². The van der Waals surface area contributed by atoms with Crippen LogP contribution < -0.4 is 4.74 Å². The van der Waals surface area contributed by atoms with Crippen molar-refractivity contribution in [3.05, 3.63) is 52.1 Å². The minimum atomic E-state index is -1.38. The van der Waals surface area contributed by atoms with Crippen molar-refractivity contribution in [3.8, 4) is 16.9 Å². The van der Waals surface area contributed by atoms with Crippen molar-refractivity contribution in [1.82, 2.24) is 9.55 Å². The highest BCUT2D eigenvalue weighted by Gasteiger charge is 2.34. The molecule has 4 rings (SSSR count). The van der Waals surface area contributed by atoms with E-state index in [-0.39, 0.29) is 5.75 Å². The number of carboxylic acids is 2. The number of aryl methyl sites for hydroxylation is 2. The maximum absolute atomic E-state index is 15.4. The number of ether oxygens (including phenoxy) is 2. The third-order valence-corrected chi connectivity index (χ3v) is 6.50. The SMILES string of the molecule is Cc1nc2c(cc(C=CC(=O)O)n2C)c(-c2cc(F)c3c(c2C)CCCO3)c1[C@H](OC(C)(C)C)C(=O)O. The Morgan fingerprint density at radius 2 is 1.95 bits per heavy atom. The molecule has 9 heteroatoms. The van der Waals surface area contributed by atoms with Gasteiger partial charge < -0.3 is 24.3 Å². The summed E-state index contributed by atoms with van der Waals surface area (Å²) in [5, 5.41) is 20.0. The maximum Gasteiger partial charge on any atom is 0.337 e. The minimum Gasteiger partial charge on any atom is -0.490 e. The van der Waals surface area contributed by atoms with Crippen molar-refractivity contribution in [1.29, 1.82) is 0 Å². The van der Waals surface area contributed by atoms with Crippen molar-refractivity contribution in [2.75, 3.05) is 6.61 Å². The first kappa shape index (κ1) is 26.3.